The molecule has 0 aliphatic carbocycles. The molecular weight excluding hydrogens is 374 g/mol. The number of hydrogen-bond acceptors (Lipinski definition) is 3. The molecule has 1 unspecified atom stereocenters. The van der Waals surface area contributed by atoms with Crippen molar-refractivity contribution in [1.82, 2.24) is 16.0 Å². The van der Waals surface area contributed by atoms with Crippen LogP contribution in [-0.2, 0) is 4.79 Å². The number of rotatable bonds is 7. The van der Waals surface area contributed by atoms with Crippen LogP contribution >= 0.6 is 12.4 Å². The number of halogens is 1. The molecule has 2 aromatic rings. The fraction of sp³-hybridized carbons (Fsp3) is 0.273. The van der Waals surface area contributed by atoms with Crippen LogP contribution in [-0.4, -0.2) is 31.4 Å². The van der Waals surface area contributed by atoms with Crippen LogP contribution in [0.2, 0.25) is 0 Å². The van der Waals surface area contributed by atoms with Gasteiger partial charge in [0, 0.05) is 18.7 Å². The van der Waals surface area contributed by atoms with Crippen molar-refractivity contribution in [3.63, 3.8) is 0 Å². The molecule has 148 valence electrons. The zero-order chi connectivity index (χ0) is 18.9. The van der Waals surface area contributed by atoms with Crippen LogP contribution in [0.5, 0.6) is 0 Å². The highest BCUT2D eigenvalue weighted by Gasteiger charge is 2.19. The standard InChI is InChI=1S/C22H25N3O2.ClH/c26-21(24-16-17-11-13-23-14-12-17)15-20(18-7-3-1-4-8-18)25-22(27)19-9-5-2-6-10-19;/h1-11,20,23H,12-16H2,(H,24,26)(H,25,27);1H. The first-order valence-electron chi connectivity index (χ1n) is 9.28. The molecule has 0 bridgehead atoms. The molecule has 0 saturated heterocycles. The lowest BCUT2D eigenvalue weighted by Crippen LogP contribution is -2.35. The zero-order valence-corrected chi connectivity index (χ0v) is 16.5. The number of carbonyl (C=O) groups excluding carboxylic acids is 2. The minimum absolute atomic E-state index is 0. The second-order valence-electron chi connectivity index (χ2n) is 6.60. The van der Waals surface area contributed by atoms with E-state index in [4.69, 9.17) is 0 Å². The summed E-state index contributed by atoms with van der Waals surface area (Å²) in [6.45, 7) is 2.36. The van der Waals surface area contributed by atoms with Crippen molar-refractivity contribution in [3.8, 4) is 0 Å². The van der Waals surface area contributed by atoms with E-state index in [1.54, 1.807) is 12.1 Å². The molecule has 3 rings (SSSR count). The third-order valence-corrected chi connectivity index (χ3v) is 4.60. The molecule has 1 aliphatic rings. The molecule has 3 N–H and O–H groups in total. The van der Waals surface area contributed by atoms with Gasteiger partial charge in [-0.25, -0.2) is 0 Å². The fourth-order valence-corrected chi connectivity index (χ4v) is 3.07. The zero-order valence-electron chi connectivity index (χ0n) is 15.7. The Kier molecular flexibility index (Phi) is 8.72. The van der Waals surface area contributed by atoms with Crippen molar-refractivity contribution in [3.05, 3.63) is 83.4 Å². The average molecular weight is 400 g/mol. The van der Waals surface area contributed by atoms with Crippen LogP contribution < -0.4 is 16.0 Å². The maximum absolute atomic E-state index is 12.6. The Bertz CT molecular complexity index is 794. The third-order valence-electron chi connectivity index (χ3n) is 4.60. The van der Waals surface area contributed by atoms with Crippen LogP contribution in [0.25, 0.3) is 0 Å². The quantitative estimate of drug-likeness (QED) is 0.627. The Hall–Kier alpha value is -2.63. The van der Waals surface area contributed by atoms with Gasteiger partial charge >= 0.3 is 0 Å². The minimum Gasteiger partial charge on any atom is -0.352 e. The van der Waals surface area contributed by atoms with E-state index in [2.05, 4.69) is 22.0 Å². The van der Waals surface area contributed by atoms with Gasteiger partial charge < -0.3 is 16.0 Å². The molecule has 6 heteroatoms. The van der Waals surface area contributed by atoms with Crippen molar-refractivity contribution < 1.29 is 9.59 Å². The van der Waals surface area contributed by atoms with Gasteiger partial charge in [-0.15, -0.1) is 12.4 Å². The van der Waals surface area contributed by atoms with Gasteiger partial charge in [-0.05, 0) is 30.7 Å². The first-order chi connectivity index (χ1) is 13.2. The van der Waals surface area contributed by atoms with E-state index in [-0.39, 0.29) is 36.7 Å². The van der Waals surface area contributed by atoms with E-state index in [0.717, 1.165) is 25.1 Å². The molecule has 0 fully saturated rings. The Labute approximate surface area is 172 Å². The summed E-state index contributed by atoms with van der Waals surface area (Å²) in [4.78, 5) is 25.0. The number of amides is 2. The highest BCUT2D eigenvalue weighted by atomic mass is 35.5. The van der Waals surface area contributed by atoms with E-state index in [9.17, 15) is 9.59 Å². The summed E-state index contributed by atoms with van der Waals surface area (Å²) in [5, 5.41) is 9.23. The van der Waals surface area contributed by atoms with E-state index < -0.39 is 0 Å². The maximum atomic E-state index is 12.6. The molecule has 0 aromatic heterocycles. The van der Waals surface area contributed by atoms with Gasteiger partial charge in [0.2, 0.25) is 5.91 Å². The van der Waals surface area contributed by atoms with Crippen molar-refractivity contribution in [2.24, 2.45) is 0 Å². The van der Waals surface area contributed by atoms with Gasteiger partial charge in [0.05, 0.1) is 12.5 Å². The van der Waals surface area contributed by atoms with Gasteiger partial charge in [-0.2, -0.15) is 0 Å². The van der Waals surface area contributed by atoms with Crippen molar-refractivity contribution in [1.29, 1.82) is 0 Å². The van der Waals surface area contributed by atoms with Gasteiger partial charge in [0.25, 0.3) is 5.91 Å². The summed E-state index contributed by atoms with van der Waals surface area (Å²) in [6.07, 6.45) is 3.27. The molecule has 0 saturated carbocycles. The Morgan fingerprint density at radius 2 is 1.68 bits per heavy atom. The summed E-state index contributed by atoms with van der Waals surface area (Å²) in [5.74, 6) is -0.255. The predicted octanol–water partition coefficient (Wildman–Crippen LogP) is 3.01. The van der Waals surface area contributed by atoms with Crippen molar-refractivity contribution in [2.75, 3.05) is 19.6 Å². The summed E-state index contributed by atoms with van der Waals surface area (Å²) in [5.41, 5.74) is 2.74. The number of benzene rings is 2. The molecule has 2 aromatic carbocycles. The molecule has 1 heterocycles. The molecule has 5 nitrogen and oxygen atoms in total. The number of nitrogens with one attached hydrogen (secondary N) is 3. The first-order valence-corrected chi connectivity index (χ1v) is 9.28. The normalized spacial score (nSPS) is 14.2. The maximum Gasteiger partial charge on any atom is 0.251 e. The van der Waals surface area contributed by atoms with Crippen LogP contribution in [0.1, 0.15) is 34.8 Å². The molecule has 2 amide bonds. The predicted molar refractivity (Wildman–Crippen MR) is 114 cm³/mol. The Morgan fingerprint density at radius 3 is 2.32 bits per heavy atom. The second-order valence-corrected chi connectivity index (χ2v) is 6.60. The largest absolute Gasteiger partial charge is 0.352 e. The monoisotopic (exact) mass is 399 g/mol. The molecular formula is C22H26ClN3O2. The molecule has 1 aliphatic heterocycles. The van der Waals surface area contributed by atoms with Crippen LogP contribution in [0.3, 0.4) is 0 Å². The highest BCUT2D eigenvalue weighted by molar-refractivity contribution is 5.94. The summed E-state index contributed by atoms with van der Waals surface area (Å²) >= 11 is 0. The second kappa shape index (κ2) is 11.3. The van der Waals surface area contributed by atoms with Gasteiger partial charge in [-0.3, -0.25) is 9.59 Å². The van der Waals surface area contributed by atoms with Crippen LogP contribution in [0.4, 0.5) is 0 Å². The van der Waals surface area contributed by atoms with E-state index in [1.165, 1.54) is 5.57 Å². The molecule has 28 heavy (non-hydrogen) atoms. The lowest BCUT2D eigenvalue weighted by Gasteiger charge is -2.20. The minimum atomic E-state index is -0.374. The fourth-order valence-electron chi connectivity index (χ4n) is 3.07. The van der Waals surface area contributed by atoms with E-state index in [0.29, 0.717) is 12.1 Å². The smallest absolute Gasteiger partial charge is 0.251 e. The lowest BCUT2D eigenvalue weighted by atomic mass is 10.0. The molecule has 1 atom stereocenters. The van der Waals surface area contributed by atoms with E-state index in [1.807, 2.05) is 48.5 Å². The topological polar surface area (TPSA) is 70.2 Å². The van der Waals surface area contributed by atoms with Crippen LogP contribution in [0.15, 0.2) is 72.3 Å². The number of hydrogen-bond donors (Lipinski definition) is 3. The molecule has 0 radical (unpaired) electrons. The van der Waals surface area contributed by atoms with E-state index >= 15 is 0 Å². The third kappa shape index (κ3) is 6.51. The summed E-state index contributed by atoms with van der Waals surface area (Å²) in [6, 6.07) is 18.3. The summed E-state index contributed by atoms with van der Waals surface area (Å²) < 4.78 is 0. The average Bonchev–Trinajstić information content (AvgIpc) is 2.74. The van der Waals surface area contributed by atoms with Gasteiger partial charge in [-0.1, -0.05) is 60.2 Å². The van der Waals surface area contributed by atoms with Crippen molar-refractivity contribution >= 4 is 24.2 Å². The Morgan fingerprint density at radius 1 is 1.00 bits per heavy atom. The van der Waals surface area contributed by atoms with Crippen molar-refractivity contribution in [2.45, 2.75) is 18.9 Å². The first kappa shape index (κ1) is 21.7. The van der Waals surface area contributed by atoms with Gasteiger partial charge in [0.1, 0.15) is 0 Å². The van der Waals surface area contributed by atoms with Crippen LogP contribution in [0, 0.1) is 0 Å². The van der Waals surface area contributed by atoms with Gasteiger partial charge in [0.15, 0.2) is 0 Å². The Balaban J connectivity index is 0.00000280. The highest BCUT2D eigenvalue weighted by Crippen LogP contribution is 2.17. The molecule has 0 spiro atoms. The summed E-state index contributed by atoms with van der Waals surface area (Å²) in [7, 11) is 0. The number of carbonyl (C=O) groups is 2. The SMILES string of the molecule is Cl.O=C(CC(NC(=O)c1ccccc1)c1ccccc1)NCC1=CCNCC1. The lowest BCUT2D eigenvalue weighted by molar-refractivity contribution is -0.121.